The highest BCUT2D eigenvalue weighted by Gasteiger charge is 2.16. The second-order valence-electron chi connectivity index (χ2n) is 6.54. The first-order valence-electron chi connectivity index (χ1n) is 8.77. The Morgan fingerprint density at radius 2 is 1.62 bits per heavy atom. The fourth-order valence-electron chi connectivity index (χ4n) is 2.64. The molecule has 3 aromatic rings. The third kappa shape index (κ3) is 5.69. The Balaban J connectivity index is 1.78. The molecule has 0 atom stereocenters. The van der Waals surface area contributed by atoms with Crippen LogP contribution < -0.4 is 15.4 Å². The monoisotopic (exact) mass is 445 g/mol. The highest BCUT2D eigenvalue weighted by molar-refractivity contribution is 7.92. The third-order valence-corrected chi connectivity index (χ3v) is 5.97. The maximum absolute atomic E-state index is 12.7. The van der Waals surface area contributed by atoms with Crippen molar-refractivity contribution in [3.05, 3.63) is 82.9 Å². The van der Waals surface area contributed by atoms with E-state index in [4.69, 9.17) is 23.8 Å². The Kier molecular flexibility index (Phi) is 6.42. The highest BCUT2D eigenvalue weighted by atomic mass is 35.5. The number of halogens is 1. The largest absolute Gasteiger partial charge is 0.332 e. The second-order valence-corrected chi connectivity index (χ2v) is 9.06. The number of sulfonamides is 1. The normalized spacial score (nSPS) is 11.0. The smallest absolute Gasteiger partial charge is 0.261 e. The lowest BCUT2D eigenvalue weighted by Gasteiger charge is -2.15. The first-order valence-corrected chi connectivity index (χ1v) is 11.0. The van der Waals surface area contributed by atoms with Gasteiger partial charge in [0, 0.05) is 22.1 Å². The van der Waals surface area contributed by atoms with Gasteiger partial charge in [-0.05, 0) is 85.7 Å². The number of hydrogen-bond donors (Lipinski definition) is 3. The van der Waals surface area contributed by atoms with E-state index in [9.17, 15) is 8.42 Å². The zero-order valence-corrected chi connectivity index (χ0v) is 18.3. The van der Waals surface area contributed by atoms with Crippen molar-refractivity contribution in [2.24, 2.45) is 0 Å². The van der Waals surface area contributed by atoms with Gasteiger partial charge in [0.2, 0.25) is 0 Å². The van der Waals surface area contributed by atoms with E-state index in [1.54, 1.807) is 42.5 Å². The molecule has 0 spiro atoms. The summed E-state index contributed by atoms with van der Waals surface area (Å²) in [4.78, 5) is 0.124. The maximum Gasteiger partial charge on any atom is 0.261 e. The molecule has 0 fully saturated rings. The summed E-state index contributed by atoms with van der Waals surface area (Å²) in [6.45, 7) is 3.87. The van der Waals surface area contributed by atoms with Crippen LogP contribution in [0, 0.1) is 13.8 Å². The summed E-state index contributed by atoms with van der Waals surface area (Å²) in [5.74, 6) is 0. The molecule has 8 heteroatoms. The van der Waals surface area contributed by atoms with Crippen LogP contribution in [0.25, 0.3) is 0 Å². The minimum atomic E-state index is -3.76. The van der Waals surface area contributed by atoms with E-state index >= 15 is 0 Å². The Morgan fingerprint density at radius 3 is 2.31 bits per heavy atom. The third-order valence-electron chi connectivity index (χ3n) is 4.14. The Hall–Kier alpha value is -2.61. The molecule has 29 heavy (non-hydrogen) atoms. The van der Waals surface area contributed by atoms with Gasteiger partial charge in [0.15, 0.2) is 5.11 Å². The predicted molar refractivity (Wildman–Crippen MR) is 124 cm³/mol. The molecule has 0 saturated heterocycles. The van der Waals surface area contributed by atoms with Crippen molar-refractivity contribution in [3.63, 3.8) is 0 Å². The molecule has 0 aromatic heterocycles. The fourth-order valence-corrected chi connectivity index (χ4v) is 4.08. The van der Waals surface area contributed by atoms with Crippen LogP contribution in [0.3, 0.4) is 0 Å². The number of thiocarbonyl (C=S) groups is 1. The van der Waals surface area contributed by atoms with Crippen LogP contribution in [0.2, 0.25) is 5.02 Å². The van der Waals surface area contributed by atoms with Gasteiger partial charge < -0.3 is 10.6 Å². The first kappa shape index (κ1) is 21.1. The lowest BCUT2D eigenvalue weighted by Crippen LogP contribution is -2.20. The van der Waals surface area contributed by atoms with Crippen LogP contribution in [0.15, 0.2) is 71.6 Å². The molecular formula is C21H20ClN3O2S2. The molecule has 0 saturated carbocycles. The summed E-state index contributed by atoms with van der Waals surface area (Å²) < 4.78 is 28.0. The van der Waals surface area contributed by atoms with Crippen LogP contribution in [-0.2, 0) is 10.0 Å². The molecule has 0 aliphatic heterocycles. The molecule has 0 bridgehead atoms. The molecule has 0 aliphatic carbocycles. The zero-order chi connectivity index (χ0) is 21.0. The highest BCUT2D eigenvalue weighted by Crippen LogP contribution is 2.23. The summed E-state index contributed by atoms with van der Waals surface area (Å²) in [5.41, 5.74) is 3.86. The minimum Gasteiger partial charge on any atom is -0.332 e. The van der Waals surface area contributed by atoms with Crippen molar-refractivity contribution in [2.75, 3.05) is 15.4 Å². The van der Waals surface area contributed by atoms with Crippen LogP contribution in [0.5, 0.6) is 0 Å². The molecule has 3 rings (SSSR count). The predicted octanol–water partition coefficient (Wildman–Crippen LogP) is 5.57. The van der Waals surface area contributed by atoms with Gasteiger partial charge in [-0.2, -0.15) is 0 Å². The topological polar surface area (TPSA) is 70.2 Å². The van der Waals surface area contributed by atoms with E-state index in [2.05, 4.69) is 15.4 Å². The van der Waals surface area contributed by atoms with E-state index in [-0.39, 0.29) is 4.90 Å². The van der Waals surface area contributed by atoms with Crippen molar-refractivity contribution in [1.82, 2.24) is 0 Å². The Bertz CT molecular complexity index is 1150. The van der Waals surface area contributed by atoms with Crippen LogP contribution in [-0.4, -0.2) is 13.5 Å². The first-order chi connectivity index (χ1) is 13.7. The van der Waals surface area contributed by atoms with Gasteiger partial charge in [-0.1, -0.05) is 29.8 Å². The molecule has 0 radical (unpaired) electrons. The molecule has 0 aliphatic rings. The van der Waals surface area contributed by atoms with Gasteiger partial charge in [-0.25, -0.2) is 8.42 Å². The van der Waals surface area contributed by atoms with E-state index in [1.807, 2.05) is 38.1 Å². The summed E-state index contributed by atoms with van der Waals surface area (Å²) in [6.07, 6.45) is 0. The van der Waals surface area contributed by atoms with Crippen LogP contribution in [0.4, 0.5) is 17.1 Å². The maximum atomic E-state index is 12.7. The summed E-state index contributed by atoms with van der Waals surface area (Å²) >= 11 is 11.2. The van der Waals surface area contributed by atoms with Gasteiger partial charge in [-0.3, -0.25) is 4.72 Å². The molecule has 0 heterocycles. The molecule has 3 N–H and O–H groups in total. The molecule has 0 amide bonds. The molecule has 150 valence electrons. The molecule has 5 nitrogen and oxygen atoms in total. The van der Waals surface area contributed by atoms with Crippen molar-refractivity contribution in [2.45, 2.75) is 18.7 Å². The number of rotatable bonds is 5. The number of anilines is 3. The van der Waals surface area contributed by atoms with Crippen molar-refractivity contribution >= 4 is 56.0 Å². The van der Waals surface area contributed by atoms with Crippen molar-refractivity contribution in [1.29, 1.82) is 0 Å². The quantitative estimate of drug-likeness (QED) is 0.448. The lowest BCUT2D eigenvalue weighted by atomic mass is 10.2. The van der Waals surface area contributed by atoms with Crippen molar-refractivity contribution in [3.8, 4) is 0 Å². The number of nitrogens with one attached hydrogen (secondary N) is 3. The minimum absolute atomic E-state index is 0.124. The lowest BCUT2D eigenvalue weighted by molar-refractivity contribution is 0.601. The summed E-state index contributed by atoms with van der Waals surface area (Å²) in [7, 11) is -3.76. The Morgan fingerprint density at radius 1 is 0.897 bits per heavy atom. The average Bonchev–Trinajstić information content (AvgIpc) is 2.65. The molecule has 0 unspecified atom stereocenters. The molecule has 3 aromatic carbocycles. The van der Waals surface area contributed by atoms with E-state index in [1.165, 1.54) is 0 Å². The SMILES string of the molecule is Cc1cccc(NC(=S)Nc2cc(S(=O)(=O)Nc3ccc(Cl)cc3)ccc2C)c1. The number of aryl methyl sites for hydroxylation is 2. The van der Waals surface area contributed by atoms with Crippen LogP contribution >= 0.6 is 23.8 Å². The average molecular weight is 446 g/mol. The summed E-state index contributed by atoms with van der Waals surface area (Å²) in [6, 6.07) is 19.1. The van der Waals surface area contributed by atoms with Crippen LogP contribution in [0.1, 0.15) is 11.1 Å². The van der Waals surface area contributed by atoms with Gasteiger partial charge in [0.05, 0.1) is 4.90 Å². The van der Waals surface area contributed by atoms with Crippen molar-refractivity contribution < 1.29 is 8.42 Å². The summed E-state index contributed by atoms with van der Waals surface area (Å²) in [5, 5.41) is 7.08. The standard InChI is InChI=1S/C21H20ClN3O2S2/c1-14-4-3-5-18(12-14)23-21(28)24-20-13-19(11-6-15(20)2)29(26,27)25-17-9-7-16(22)8-10-17/h3-13,25H,1-2H3,(H2,23,24,28). The van der Waals surface area contributed by atoms with E-state index in [0.717, 1.165) is 16.8 Å². The Labute approximate surface area is 181 Å². The van der Waals surface area contributed by atoms with Gasteiger partial charge >= 0.3 is 0 Å². The molecular weight excluding hydrogens is 426 g/mol. The van der Waals surface area contributed by atoms with E-state index < -0.39 is 10.0 Å². The zero-order valence-electron chi connectivity index (χ0n) is 15.9. The fraction of sp³-hybridized carbons (Fsp3) is 0.0952. The number of hydrogen-bond acceptors (Lipinski definition) is 3. The van der Waals surface area contributed by atoms with Gasteiger partial charge in [0.1, 0.15) is 0 Å². The van der Waals surface area contributed by atoms with Gasteiger partial charge in [0.25, 0.3) is 10.0 Å². The second kappa shape index (κ2) is 8.82. The van der Waals surface area contributed by atoms with E-state index in [0.29, 0.717) is 21.5 Å². The number of benzene rings is 3. The van der Waals surface area contributed by atoms with Gasteiger partial charge in [-0.15, -0.1) is 0 Å².